The number of nitriles is 2. The summed E-state index contributed by atoms with van der Waals surface area (Å²) in [5.74, 6) is 0.289. The number of nitrogens with zero attached hydrogens (tertiary/aromatic N) is 4. The summed E-state index contributed by atoms with van der Waals surface area (Å²) in [4.78, 5) is 68.1. The van der Waals surface area contributed by atoms with Gasteiger partial charge in [-0.1, -0.05) is 96.0 Å². The number of hydrogen-bond donors (Lipinski definition) is 4. The molecule has 0 bridgehead atoms. The van der Waals surface area contributed by atoms with E-state index >= 15 is 0 Å². The van der Waals surface area contributed by atoms with Crippen LogP contribution in [0.25, 0.3) is 0 Å². The molecule has 2 atom stereocenters. The predicted octanol–water partition coefficient (Wildman–Crippen LogP) is 16.1. The van der Waals surface area contributed by atoms with E-state index in [1.54, 1.807) is 149 Å². The first kappa shape index (κ1) is 69.6. The molecule has 21 heteroatoms. The van der Waals surface area contributed by atoms with Gasteiger partial charge in [-0.05, 0) is 185 Å². The molecule has 0 saturated heterocycles. The Bertz CT molecular complexity index is 3950. The molecule has 10 rings (SSSR count). The molecule has 4 amide bonds. The number of hydrogen-bond acceptors (Lipinski definition) is 14. The number of benzene rings is 8. The van der Waals surface area contributed by atoms with Gasteiger partial charge in [0.2, 0.25) is 0 Å². The number of aryl methyl sites for hydroxylation is 4. The van der Waals surface area contributed by atoms with Gasteiger partial charge in [-0.3, -0.25) is 19.2 Å². The number of halogens is 2. The molecule has 8 aromatic carbocycles. The molecule has 2 aliphatic heterocycles. The minimum absolute atomic E-state index is 0.0174. The van der Waals surface area contributed by atoms with Gasteiger partial charge in [0.25, 0.3) is 23.6 Å². The van der Waals surface area contributed by atoms with E-state index in [4.69, 9.17) is 57.4 Å². The molecule has 0 fully saturated rings. The van der Waals surface area contributed by atoms with Crippen LogP contribution < -0.4 is 29.5 Å². The standard InChI is InChI=1S/C30H28ClN3O5.C26H25ClN2O3.C12H10O3P.C3H5NO/c1-19-7-3-4-8-23(19)28(35)33-22-11-12-24(20(2)17-22)29(36)34-15-5-9-27(39-30(37)38-16-6-14-32)25-18-21(31)10-13-26(25)34;1-16-6-3-4-7-20(16)25(31)28-19-10-11-21(17(2)14-19)26(32)29-13-5-8-24(30)22-15-18(27)9-12-23(22)29;13-16(14-11-7-3-1-4-8-11)15-12-9-5-2-6-10-12;4-2-1-3-5/h3-4,7-8,10-13,17-18,27H,5-6,9,15-16H2,1-2H3,(H,33,35);3-4,6-7,9-12,14-15,24,30H,5,8,13H2,1-2H3,(H,28,31);1-10H;5H,1,3H2/q;;+1;. The molecule has 0 saturated carbocycles. The molecule has 472 valence electrons. The number of fused-ring (bicyclic) bond motifs is 2. The van der Waals surface area contributed by atoms with Crippen LogP contribution in [0, 0.1) is 50.4 Å². The molecule has 0 spiro atoms. The van der Waals surface area contributed by atoms with Crippen LogP contribution in [0.3, 0.4) is 0 Å². The van der Waals surface area contributed by atoms with Crippen molar-refractivity contribution in [1.82, 2.24) is 0 Å². The molecular weight excluding hydrogens is 1230 g/mol. The third-order valence-corrected chi connectivity index (χ3v) is 15.6. The number of rotatable bonds is 14. The normalized spacial score (nSPS) is 13.5. The molecule has 18 nitrogen and oxygen atoms in total. The van der Waals surface area contributed by atoms with Crippen LogP contribution in [0.4, 0.5) is 27.5 Å². The lowest BCUT2D eigenvalue weighted by Gasteiger charge is -2.25. The highest BCUT2D eigenvalue weighted by atomic mass is 35.5. The van der Waals surface area contributed by atoms with Crippen LogP contribution in [0.15, 0.2) is 182 Å². The fraction of sp³-hybridized carbons (Fsp3) is 0.225. The zero-order valence-corrected chi connectivity index (χ0v) is 53.4. The lowest BCUT2D eigenvalue weighted by atomic mass is 10.0. The Morgan fingerprint density at radius 2 is 1.00 bits per heavy atom. The Kier molecular flexibility index (Phi) is 26.4. The Hall–Kier alpha value is -9.91. The van der Waals surface area contributed by atoms with Crippen molar-refractivity contribution < 1.29 is 57.3 Å². The molecule has 4 N–H and O–H groups in total. The van der Waals surface area contributed by atoms with E-state index in [0.717, 1.165) is 16.7 Å². The summed E-state index contributed by atoms with van der Waals surface area (Å²) in [6.45, 7) is 8.28. The SMILES string of the molecule is Cc1ccccc1C(=O)Nc1ccc(C(=O)N2CCCC(O)c3cc(Cl)ccc32)c(C)c1.Cc1ccccc1C(=O)Nc1ccc(C(=O)N2CCCC(OC(=O)OCCC#N)c3cc(Cl)ccc32)c(C)c1.N#CCCO.O=[P+](Oc1ccccc1)Oc1ccccc1. The molecule has 0 aromatic heterocycles. The van der Waals surface area contributed by atoms with Crippen LogP contribution in [0.2, 0.25) is 10.0 Å². The Labute approximate surface area is 545 Å². The zero-order valence-electron chi connectivity index (χ0n) is 51.0. The molecule has 2 aliphatic rings. The molecular formula is C71H68Cl2N6O12P+. The van der Waals surface area contributed by atoms with E-state index in [2.05, 4.69) is 10.6 Å². The molecule has 2 unspecified atom stereocenters. The van der Waals surface area contributed by atoms with Gasteiger partial charge in [-0.25, -0.2) is 13.8 Å². The minimum Gasteiger partial charge on any atom is -0.433 e. The van der Waals surface area contributed by atoms with Crippen LogP contribution in [0.5, 0.6) is 11.5 Å². The number of ether oxygens (including phenoxy) is 2. The quantitative estimate of drug-likeness (QED) is 0.0449. The summed E-state index contributed by atoms with van der Waals surface area (Å²) < 4.78 is 32.2. The van der Waals surface area contributed by atoms with Crippen molar-refractivity contribution >= 4 is 84.0 Å². The Morgan fingerprint density at radius 1 is 0.554 bits per heavy atom. The monoisotopic (exact) mass is 1300 g/mol. The predicted molar refractivity (Wildman–Crippen MR) is 355 cm³/mol. The minimum atomic E-state index is -2.18. The van der Waals surface area contributed by atoms with Crippen molar-refractivity contribution in [3.8, 4) is 23.6 Å². The second-order valence-corrected chi connectivity index (χ2v) is 22.7. The first-order valence-electron chi connectivity index (χ1n) is 29.4. The average Bonchev–Trinajstić information content (AvgIpc) is 1.48. The third kappa shape index (κ3) is 19.8. The molecule has 0 radical (unpaired) electrons. The van der Waals surface area contributed by atoms with Gasteiger partial charge >= 0.3 is 14.4 Å². The first-order valence-corrected chi connectivity index (χ1v) is 31.2. The van der Waals surface area contributed by atoms with Gasteiger partial charge in [0, 0.05) is 78.1 Å². The Morgan fingerprint density at radius 3 is 1.45 bits per heavy atom. The van der Waals surface area contributed by atoms with Gasteiger partial charge in [-0.2, -0.15) is 10.5 Å². The highest BCUT2D eigenvalue weighted by Gasteiger charge is 2.32. The van der Waals surface area contributed by atoms with E-state index in [-0.39, 0.29) is 49.7 Å². The second-order valence-electron chi connectivity index (χ2n) is 21.0. The molecule has 92 heavy (non-hydrogen) atoms. The first-order chi connectivity index (χ1) is 44.4. The number of carbonyl (C=O) groups excluding carboxylic acids is 5. The molecule has 2 heterocycles. The van der Waals surface area contributed by atoms with Gasteiger partial charge in [-0.15, -0.1) is 0 Å². The van der Waals surface area contributed by atoms with Gasteiger partial charge < -0.3 is 40.1 Å². The van der Waals surface area contributed by atoms with Crippen LogP contribution in [-0.4, -0.2) is 66.3 Å². The summed E-state index contributed by atoms with van der Waals surface area (Å²) >= 11 is 12.4. The molecule has 0 aliphatic carbocycles. The zero-order chi connectivity index (χ0) is 66.1. The van der Waals surface area contributed by atoms with Crippen molar-refractivity contribution in [1.29, 1.82) is 10.5 Å². The average molecular weight is 1300 g/mol. The van der Waals surface area contributed by atoms with Crippen molar-refractivity contribution in [2.45, 2.75) is 78.4 Å². The fourth-order valence-electron chi connectivity index (χ4n) is 9.88. The highest BCUT2D eigenvalue weighted by Crippen LogP contribution is 2.40. The lowest BCUT2D eigenvalue weighted by molar-refractivity contribution is 0.0213. The maximum atomic E-state index is 13.8. The van der Waals surface area contributed by atoms with Crippen LogP contribution in [0.1, 0.15) is 126 Å². The number of para-hydroxylation sites is 2. The maximum absolute atomic E-state index is 13.8. The largest absolute Gasteiger partial charge is 0.805 e. The second kappa shape index (κ2) is 34.9. The fourth-order valence-corrected chi connectivity index (χ4v) is 10.9. The van der Waals surface area contributed by atoms with E-state index in [1.807, 2.05) is 82.3 Å². The molecule has 8 aromatic rings. The van der Waals surface area contributed by atoms with E-state index in [1.165, 1.54) is 0 Å². The number of aliphatic hydroxyl groups excluding tert-OH is 2. The summed E-state index contributed by atoms with van der Waals surface area (Å²) in [7, 11) is -2.18. The number of carbonyl (C=O) groups is 5. The summed E-state index contributed by atoms with van der Waals surface area (Å²) in [5.41, 5.74) is 9.23. The van der Waals surface area contributed by atoms with Crippen LogP contribution in [-0.2, 0) is 14.0 Å². The van der Waals surface area contributed by atoms with Crippen molar-refractivity contribution in [3.63, 3.8) is 0 Å². The lowest BCUT2D eigenvalue weighted by Crippen LogP contribution is -2.32. The van der Waals surface area contributed by atoms with Gasteiger partial charge in [0.1, 0.15) is 12.7 Å². The summed E-state index contributed by atoms with van der Waals surface area (Å²) in [5, 5.41) is 41.4. The Balaban J connectivity index is 0.000000202. The van der Waals surface area contributed by atoms with Gasteiger partial charge in [0.15, 0.2) is 11.5 Å². The number of amides is 4. The van der Waals surface area contributed by atoms with E-state index < -0.39 is 26.6 Å². The topological polar surface area (TPSA) is 258 Å². The maximum Gasteiger partial charge on any atom is 0.805 e. The number of nitrogens with one attached hydrogen (secondary N) is 2. The van der Waals surface area contributed by atoms with E-state index in [0.29, 0.717) is 122 Å². The van der Waals surface area contributed by atoms with E-state index in [9.17, 15) is 33.6 Å². The highest BCUT2D eigenvalue weighted by molar-refractivity contribution is 7.34. The smallest absolute Gasteiger partial charge is 0.433 e. The van der Waals surface area contributed by atoms with Crippen molar-refractivity contribution in [3.05, 3.63) is 248 Å². The van der Waals surface area contributed by atoms with Gasteiger partial charge in [0.05, 0.1) is 43.4 Å². The summed E-state index contributed by atoms with van der Waals surface area (Å²) in [6, 6.07) is 57.1. The third-order valence-electron chi connectivity index (χ3n) is 14.4. The van der Waals surface area contributed by atoms with Crippen molar-refractivity contribution in [2.75, 3.05) is 46.7 Å². The number of anilines is 4. The number of aliphatic hydroxyl groups is 2. The van der Waals surface area contributed by atoms with Crippen molar-refractivity contribution in [2.24, 2.45) is 0 Å². The van der Waals surface area contributed by atoms with Crippen LogP contribution >= 0.6 is 31.5 Å². The summed E-state index contributed by atoms with van der Waals surface area (Å²) in [6.07, 6.45) is 0.416.